The molecule has 174 valence electrons. The van der Waals surface area contributed by atoms with Crippen LogP contribution in [0.1, 0.15) is 29.8 Å². The van der Waals surface area contributed by atoms with Crippen LogP contribution in [0.5, 0.6) is 0 Å². The zero-order valence-corrected chi connectivity index (χ0v) is 20.1. The average Bonchev–Trinajstić information content (AvgIpc) is 3.19. The molecule has 1 atom stereocenters. The molecule has 2 N–H and O–H groups in total. The Morgan fingerprint density at radius 1 is 1.12 bits per heavy atom. The normalized spacial score (nSPS) is 19.5. The molecule has 2 aliphatic rings. The molecule has 1 aliphatic carbocycles. The van der Waals surface area contributed by atoms with Gasteiger partial charge < -0.3 is 10.3 Å². The molecule has 2 aromatic heterocycles. The van der Waals surface area contributed by atoms with Gasteiger partial charge in [0.05, 0.1) is 12.2 Å². The van der Waals surface area contributed by atoms with Crippen molar-refractivity contribution in [2.24, 2.45) is 11.3 Å². The number of nitrogens with one attached hydrogen (secondary N) is 2. The van der Waals surface area contributed by atoms with Crippen LogP contribution in [-0.2, 0) is 17.8 Å². The number of nitrogens with zero attached hydrogens (tertiary/aromatic N) is 2. The molecule has 0 radical (unpaired) electrons. The van der Waals surface area contributed by atoms with Crippen molar-refractivity contribution in [3.63, 3.8) is 0 Å². The SMILES string of the molecule is O=C(NCCc1c[nH]c2ccccc12)C1CC12CCN(Cc1nc(-c3ccccc3)cs1)CC2. The second-order valence-electron chi connectivity index (χ2n) is 9.79. The van der Waals surface area contributed by atoms with Gasteiger partial charge in [0.1, 0.15) is 5.01 Å². The van der Waals surface area contributed by atoms with Gasteiger partial charge in [0, 0.05) is 40.5 Å². The molecule has 0 bridgehead atoms. The first-order chi connectivity index (χ1) is 16.7. The molecule has 6 heteroatoms. The number of thiazole rings is 1. The summed E-state index contributed by atoms with van der Waals surface area (Å²) in [5.74, 6) is 0.447. The summed E-state index contributed by atoms with van der Waals surface area (Å²) >= 11 is 1.75. The summed E-state index contributed by atoms with van der Waals surface area (Å²) in [4.78, 5) is 23.5. The average molecular weight is 471 g/mol. The molecule has 4 aromatic rings. The monoisotopic (exact) mass is 470 g/mol. The molecule has 1 spiro atoms. The van der Waals surface area contributed by atoms with Gasteiger partial charge in [-0.05, 0) is 55.8 Å². The van der Waals surface area contributed by atoms with E-state index in [1.165, 1.54) is 21.5 Å². The molecule has 1 amide bonds. The third-order valence-corrected chi connectivity index (χ3v) is 8.54. The maximum atomic E-state index is 12.8. The van der Waals surface area contributed by atoms with E-state index in [-0.39, 0.29) is 17.2 Å². The van der Waals surface area contributed by atoms with Crippen molar-refractivity contribution in [1.29, 1.82) is 0 Å². The minimum atomic E-state index is 0.196. The van der Waals surface area contributed by atoms with Crippen LogP contribution in [0.15, 0.2) is 66.2 Å². The second kappa shape index (κ2) is 9.01. The van der Waals surface area contributed by atoms with Crippen LogP contribution in [-0.4, -0.2) is 40.4 Å². The smallest absolute Gasteiger partial charge is 0.223 e. The number of hydrogen-bond acceptors (Lipinski definition) is 4. The highest BCUT2D eigenvalue weighted by Crippen LogP contribution is 2.59. The number of benzene rings is 2. The van der Waals surface area contributed by atoms with Crippen LogP contribution in [0.2, 0.25) is 0 Å². The van der Waals surface area contributed by atoms with Crippen molar-refractivity contribution in [3.8, 4) is 11.3 Å². The number of aromatic amines is 1. The van der Waals surface area contributed by atoms with E-state index in [1.54, 1.807) is 11.3 Å². The largest absolute Gasteiger partial charge is 0.361 e. The van der Waals surface area contributed by atoms with E-state index in [0.717, 1.165) is 56.5 Å². The van der Waals surface area contributed by atoms with Crippen LogP contribution in [0.4, 0.5) is 0 Å². The van der Waals surface area contributed by atoms with Gasteiger partial charge in [-0.1, -0.05) is 48.5 Å². The lowest BCUT2D eigenvalue weighted by molar-refractivity contribution is -0.123. The summed E-state index contributed by atoms with van der Waals surface area (Å²) in [5.41, 5.74) is 4.91. The minimum absolute atomic E-state index is 0.196. The van der Waals surface area contributed by atoms with Gasteiger partial charge in [-0.3, -0.25) is 9.69 Å². The van der Waals surface area contributed by atoms with E-state index in [1.807, 2.05) is 12.1 Å². The molecule has 2 fully saturated rings. The molecule has 1 aliphatic heterocycles. The number of carbonyl (C=O) groups is 1. The van der Waals surface area contributed by atoms with Gasteiger partial charge in [-0.15, -0.1) is 11.3 Å². The number of amides is 1. The summed E-state index contributed by atoms with van der Waals surface area (Å²) in [6.45, 7) is 3.72. The number of carbonyl (C=O) groups excluding carboxylic acids is 1. The lowest BCUT2D eigenvalue weighted by Gasteiger charge is -2.32. The quantitative estimate of drug-likeness (QED) is 0.388. The fourth-order valence-corrected chi connectivity index (χ4v) is 6.37. The first-order valence-electron chi connectivity index (χ1n) is 12.3. The minimum Gasteiger partial charge on any atom is -0.361 e. The maximum absolute atomic E-state index is 12.8. The van der Waals surface area contributed by atoms with Crippen molar-refractivity contribution in [3.05, 3.63) is 76.7 Å². The highest BCUT2D eigenvalue weighted by Gasteiger charge is 2.58. The van der Waals surface area contributed by atoms with Crippen molar-refractivity contribution in [2.45, 2.75) is 32.2 Å². The van der Waals surface area contributed by atoms with E-state index >= 15 is 0 Å². The number of piperidine rings is 1. The number of para-hydroxylation sites is 1. The molecular formula is C28H30N4OS. The summed E-state index contributed by atoms with van der Waals surface area (Å²) < 4.78 is 0. The molecule has 6 rings (SSSR count). The number of fused-ring (bicyclic) bond motifs is 1. The number of rotatable bonds is 7. The summed E-state index contributed by atoms with van der Waals surface area (Å²) in [5, 5.41) is 7.80. The molecule has 1 unspecified atom stereocenters. The van der Waals surface area contributed by atoms with Crippen molar-refractivity contribution < 1.29 is 4.79 Å². The molecular weight excluding hydrogens is 440 g/mol. The first kappa shape index (κ1) is 21.6. The Kier molecular flexibility index (Phi) is 5.71. The number of H-pyrrole nitrogens is 1. The second-order valence-corrected chi connectivity index (χ2v) is 10.7. The van der Waals surface area contributed by atoms with Gasteiger partial charge in [0.25, 0.3) is 0 Å². The van der Waals surface area contributed by atoms with E-state index in [2.05, 4.69) is 69.2 Å². The van der Waals surface area contributed by atoms with Crippen molar-refractivity contribution in [1.82, 2.24) is 20.2 Å². The third-order valence-electron chi connectivity index (χ3n) is 7.71. The topological polar surface area (TPSA) is 61.0 Å². The standard InChI is InChI=1S/C28H30N4OS/c33-27(29-13-10-21-17-30-24-9-5-4-8-22(21)24)23-16-28(23)11-14-32(15-12-28)18-26-31-25(19-34-26)20-6-2-1-3-7-20/h1-9,17,19,23,30H,10-16,18H2,(H,29,33). The Labute approximate surface area is 204 Å². The Hall–Kier alpha value is -2.96. The van der Waals surface area contributed by atoms with Gasteiger partial charge in [0.2, 0.25) is 5.91 Å². The highest BCUT2D eigenvalue weighted by atomic mass is 32.1. The van der Waals surface area contributed by atoms with Crippen LogP contribution >= 0.6 is 11.3 Å². The predicted molar refractivity (Wildman–Crippen MR) is 138 cm³/mol. The fourth-order valence-electron chi connectivity index (χ4n) is 5.53. The lowest BCUT2D eigenvalue weighted by Crippen LogP contribution is -2.37. The predicted octanol–water partition coefficient (Wildman–Crippen LogP) is 5.25. The van der Waals surface area contributed by atoms with E-state index in [4.69, 9.17) is 4.98 Å². The Balaban J connectivity index is 0.970. The summed E-state index contributed by atoms with van der Waals surface area (Å²) in [7, 11) is 0. The van der Waals surface area contributed by atoms with Gasteiger partial charge >= 0.3 is 0 Å². The van der Waals surface area contributed by atoms with Gasteiger partial charge in [0.15, 0.2) is 0 Å². The summed E-state index contributed by atoms with van der Waals surface area (Å²) in [6, 6.07) is 18.7. The van der Waals surface area contributed by atoms with Crippen molar-refractivity contribution in [2.75, 3.05) is 19.6 Å². The zero-order chi connectivity index (χ0) is 23.0. The van der Waals surface area contributed by atoms with Gasteiger partial charge in [-0.25, -0.2) is 4.98 Å². The molecule has 3 heterocycles. The first-order valence-corrected chi connectivity index (χ1v) is 13.1. The van der Waals surface area contributed by atoms with Crippen LogP contribution in [0, 0.1) is 11.3 Å². The van der Waals surface area contributed by atoms with Crippen LogP contribution in [0.25, 0.3) is 22.2 Å². The molecule has 2 aromatic carbocycles. The Morgan fingerprint density at radius 2 is 1.91 bits per heavy atom. The summed E-state index contributed by atoms with van der Waals surface area (Å²) in [6.07, 6.45) is 6.21. The Morgan fingerprint density at radius 3 is 2.76 bits per heavy atom. The third kappa shape index (κ3) is 4.28. The van der Waals surface area contributed by atoms with Crippen LogP contribution < -0.4 is 5.32 Å². The van der Waals surface area contributed by atoms with E-state index in [0.29, 0.717) is 6.54 Å². The van der Waals surface area contributed by atoms with Gasteiger partial charge in [-0.2, -0.15) is 0 Å². The number of aromatic nitrogens is 2. The molecule has 1 saturated heterocycles. The zero-order valence-electron chi connectivity index (χ0n) is 19.3. The van der Waals surface area contributed by atoms with Crippen LogP contribution in [0.3, 0.4) is 0 Å². The maximum Gasteiger partial charge on any atom is 0.223 e. The number of likely N-dealkylation sites (tertiary alicyclic amines) is 1. The van der Waals surface area contributed by atoms with E-state index in [9.17, 15) is 4.79 Å². The van der Waals surface area contributed by atoms with E-state index < -0.39 is 0 Å². The molecule has 5 nitrogen and oxygen atoms in total. The number of hydrogen-bond donors (Lipinski definition) is 2. The Bertz CT molecular complexity index is 1290. The van der Waals surface area contributed by atoms with Crippen molar-refractivity contribution >= 4 is 28.1 Å². The highest BCUT2D eigenvalue weighted by molar-refractivity contribution is 7.09. The fraction of sp³-hybridized carbons (Fsp3) is 0.357. The molecule has 34 heavy (non-hydrogen) atoms. The molecule has 1 saturated carbocycles. The lowest BCUT2D eigenvalue weighted by atomic mass is 9.90.